The SMILES string of the molecule is CCNC(=O)[C@H](C)N(CCc1ccccc1)C(=O)CN(c1ccc(OCC)cc1)S(=O)(=O)c1ccc(Br)cc1. The molecule has 0 aromatic heterocycles. The third-order valence-corrected chi connectivity index (χ3v) is 8.44. The highest BCUT2D eigenvalue weighted by Gasteiger charge is 2.32. The van der Waals surface area contributed by atoms with Crippen molar-refractivity contribution >= 4 is 43.5 Å². The number of anilines is 1. The van der Waals surface area contributed by atoms with Crippen LogP contribution in [0.3, 0.4) is 0 Å². The number of nitrogens with one attached hydrogen (secondary N) is 1. The van der Waals surface area contributed by atoms with E-state index < -0.39 is 28.5 Å². The molecular weight excluding hydrogens is 582 g/mol. The zero-order chi connectivity index (χ0) is 28.4. The van der Waals surface area contributed by atoms with E-state index in [9.17, 15) is 18.0 Å². The molecule has 3 aromatic carbocycles. The van der Waals surface area contributed by atoms with Crippen molar-refractivity contribution in [1.82, 2.24) is 10.2 Å². The third-order valence-electron chi connectivity index (χ3n) is 6.12. The van der Waals surface area contributed by atoms with Gasteiger partial charge in [0.25, 0.3) is 10.0 Å². The van der Waals surface area contributed by atoms with E-state index in [4.69, 9.17) is 4.74 Å². The van der Waals surface area contributed by atoms with Gasteiger partial charge in [-0.3, -0.25) is 13.9 Å². The molecule has 0 bridgehead atoms. The molecule has 0 aliphatic rings. The van der Waals surface area contributed by atoms with Crippen LogP contribution < -0.4 is 14.4 Å². The first-order valence-electron chi connectivity index (χ1n) is 12.8. The maximum absolute atomic E-state index is 13.8. The number of rotatable bonds is 13. The van der Waals surface area contributed by atoms with Crippen molar-refractivity contribution in [2.75, 3.05) is 30.5 Å². The zero-order valence-corrected chi connectivity index (χ0v) is 24.7. The van der Waals surface area contributed by atoms with Gasteiger partial charge in [0.15, 0.2) is 0 Å². The summed E-state index contributed by atoms with van der Waals surface area (Å²) in [6.45, 7) is 5.96. The number of halogens is 1. The van der Waals surface area contributed by atoms with Crippen molar-refractivity contribution in [2.24, 2.45) is 0 Å². The molecule has 1 atom stereocenters. The van der Waals surface area contributed by atoms with Crippen molar-refractivity contribution in [2.45, 2.75) is 38.1 Å². The van der Waals surface area contributed by atoms with E-state index in [-0.39, 0.29) is 17.3 Å². The predicted octanol–water partition coefficient (Wildman–Crippen LogP) is 4.64. The van der Waals surface area contributed by atoms with Gasteiger partial charge in [-0.25, -0.2) is 8.42 Å². The first-order chi connectivity index (χ1) is 18.7. The molecule has 3 aromatic rings. The van der Waals surface area contributed by atoms with E-state index in [2.05, 4.69) is 21.2 Å². The van der Waals surface area contributed by atoms with Gasteiger partial charge in [-0.05, 0) is 81.3 Å². The number of hydrogen-bond acceptors (Lipinski definition) is 5. The maximum atomic E-state index is 13.8. The van der Waals surface area contributed by atoms with Crippen LogP contribution in [0.2, 0.25) is 0 Å². The van der Waals surface area contributed by atoms with Gasteiger partial charge in [-0.2, -0.15) is 0 Å². The van der Waals surface area contributed by atoms with Gasteiger partial charge in [0, 0.05) is 17.6 Å². The highest BCUT2D eigenvalue weighted by Crippen LogP contribution is 2.27. The highest BCUT2D eigenvalue weighted by atomic mass is 79.9. The third kappa shape index (κ3) is 8.06. The topological polar surface area (TPSA) is 96.0 Å². The van der Waals surface area contributed by atoms with E-state index in [1.54, 1.807) is 50.2 Å². The van der Waals surface area contributed by atoms with Crippen molar-refractivity contribution in [3.8, 4) is 5.75 Å². The first kappa shape index (κ1) is 30.2. The van der Waals surface area contributed by atoms with Crippen LogP contribution in [0.15, 0.2) is 88.2 Å². The summed E-state index contributed by atoms with van der Waals surface area (Å²) < 4.78 is 35.0. The molecule has 0 heterocycles. The molecule has 0 unspecified atom stereocenters. The average molecular weight is 617 g/mol. The van der Waals surface area contributed by atoms with E-state index in [0.717, 1.165) is 14.3 Å². The molecule has 0 aliphatic heterocycles. The Hall–Kier alpha value is -3.37. The highest BCUT2D eigenvalue weighted by molar-refractivity contribution is 9.10. The van der Waals surface area contributed by atoms with Crippen LogP contribution in [0.5, 0.6) is 5.75 Å². The molecular formula is C29H34BrN3O5S. The minimum absolute atomic E-state index is 0.0417. The fourth-order valence-electron chi connectivity index (χ4n) is 4.03. The van der Waals surface area contributed by atoms with Crippen LogP contribution in [-0.4, -0.2) is 57.4 Å². The lowest BCUT2D eigenvalue weighted by atomic mass is 10.1. The summed E-state index contributed by atoms with van der Waals surface area (Å²) in [6.07, 6.45) is 0.513. The van der Waals surface area contributed by atoms with Crippen LogP contribution in [0.4, 0.5) is 5.69 Å². The number of hydrogen-bond donors (Lipinski definition) is 1. The van der Waals surface area contributed by atoms with Crippen molar-refractivity contribution in [1.29, 1.82) is 0 Å². The van der Waals surface area contributed by atoms with Gasteiger partial charge >= 0.3 is 0 Å². The minimum Gasteiger partial charge on any atom is -0.494 e. The molecule has 0 fully saturated rings. The maximum Gasteiger partial charge on any atom is 0.264 e. The zero-order valence-electron chi connectivity index (χ0n) is 22.3. The lowest BCUT2D eigenvalue weighted by molar-refractivity contribution is -0.138. The number of sulfonamides is 1. The quantitative estimate of drug-likeness (QED) is 0.302. The van der Waals surface area contributed by atoms with Crippen LogP contribution in [0, 0.1) is 0 Å². The summed E-state index contributed by atoms with van der Waals surface area (Å²) >= 11 is 3.33. The Labute approximate surface area is 239 Å². The average Bonchev–Trinajstić information content (AvgIpc) is 2.93. The van der Waals surface area contributed by atoms with E-state index >= 15 is 0 Å². The van der Waals surface area contributed by atoms with Crippen LogP contribution in [0.1, 0.15) is 26.3 Å². The second kappa shape index (κ2) is 14.1. The Kier molecular flexibility index (Phi) is 10.9. The summed E-state index contributed by atoms with van der Waals surface area (Å²) in [7, 11) is -4.12. The van der Waals surface area contributed by atoms with Crippen LogP contribution >= 0.6 is 15.9 Å². The molecule has 0 aliphatic carbocycles. The normalized spacial score (nSPS) is 11.9. The molecule has 10 heteroatoms. The van der Waals surface area contributed by atoms with Gasteiger partial charge in [-0.15, -0.1) is 0 Å². The molecule has 39 heavy (non-hydrogen) atoms. The smallest absolute Gasteiger partial charge is 0.264 e. The van der Waals surface area contributed by atoms with Crippen LogP contribution in [-0.2, 0) is 26.0 Å². The van der Waals surface area contributed by atoms with Crippen molar-refractivity contribution in [3.05, 3.63) is 88.9 Å². The number of carbonyl (C=O) groups excluding carboxylic acids is 2. The fourth-order valence-corrected chi connectivity index (χ4v) is 5.71. The Morgan fingerprint density at radius 1 is 0.949 bits per heavy atom. The summed E-state index contributed by atoms with van der Waals surface area (Å²) in [5.41, 5.74) is 1.31. The van der Waals surface area contributed by atoms with E-state index in [1.165, 1.54) is 17.0 Å². The van der Waals surface area contributed by atoms with Crippen molar-refractivity contribution in [3.63, 3.8) is 0 Å². The Morgan fingerprint density at radius 3 is 2.18 bits per heavy atom. The van der Waals surface area contributed by atoms with E-state index in [1.807, 2.05) is 37.3 Å². The lowest BCUT2D eigenvalue weighted by Crippen LogP contribution is -2.52. The summed E-state index contributed by atoms with van der Waals surface area (Å²) in [4.78, 5) is 28.0. The second-order valence-corrected chi connectivity index (χ2v) is 11.6. The number of amides is 2. The fraction of sp³-hybridized carbons (Fsp3) is 0.310. The minimum atomic E-state index is -4.12. The molecule has 0 saturated heterocycles. The van der Waals surface area contributed by atoms with Gasteiger partial charge in [-0.1, -0.05) is 46.3 Å². The van der Waals surface area contributed by atoms with Crippen LogP contribution in [0.25, 0.3) is 0 Å². The molecule has 0 radical (unpaired) electrons. The van der Waals surface area contributed by atoms with Gasteiger partial charge < -0.3 is 15.0 Å². The molecule has 0 saturated carbocycles. The lowest BCUT2D eigenvalue weighted by Gasteiger charge is -2.32. The Morgan fingerprint density at radius 2 is 1.59 bits per heavy atom. The monoisotopic (exact) mass is 615 g/mol. The molecule has 8 nitrogen and oxygen atoms in total. The molecule has 3 rings (SSSR count). The van der Waals surface area contributed by atoms with Gasteiger partial charge in [0.2, 0.25) is 11.8 Å². The molecule has 0 spiro atoms. The number of nitrogens with zero attached hydrogens (tertiary/aromatic N) is 2. The van der Waals surface area contributed by atoms with Gasteiger partial charge in [0.1, 0.15) is 18.3 Å². The number of ether oxygens (including phenoxy) is 1. The largest absolute Gasteiger partial charge is 0.494 e. The first-order valence-corrected chi connectivity index (χ1v) is 15.0. The predicted molar refractivity (Wildman–Crippen MR) is 156 cm³/mol. The summed E-state index contributed by atoms with van der Waals surface area (Å²) in [5, 5.41) is 2.76. The summed E-state index contributed by atoms with van der Waals surface area (Å²) in [6, 6.07) is 21.6. The van der Waals surface area contributed by atoms with Gasteiger partial charge in [0.05, 0.1) is 17.2 Å². The Balaban J connectivity index is 1.97. The molecule has 1 N–H and O–H groups in total. The summed E-state index contributed by atoms with van der Waals surface area (Å²) in [5.74, 6) is -0.204. The van der Waals surface area contributed by atoms with E-state index in [0.29, 0.717) is 31.0 Å². The Bertz CT molecular complexity index is 1330. The second-order valence-electron chi connectivity index (χ2n) is 8.79. The standard InChI is InChI=1S/C29H34BrN3O5S/c1-4-31-29(35)22(3)32(20-19-23-9-7-6-8-10-23)28(34)21-33(25-13-15-26(16-14-25)38-5-2)39(36,37)27-17-11-24(30)12-18-27/h6-18,22H,4-5,19-21H2,1-3H3,(H,31,35)/t22-/m0/s1. The molecule has 2 amide bonds. The number of benzene rings is 3. The molecule has 208 valence electrons. The van der Waals surface area contributed by atoms with Crippen molar-refractivity contribution < 1.29 is 22.7 Å². The number of likely N-dealkylation sites (N-methyl/N-ethyl adjacent to an activating group) is 1. The number of carbonyl (C=O) groups is 2.